The van der Waals surface area contributed by atoms with Gasteiger partial charge < -0.3 is 25.6 Å². The van der Waals surface area contributed by atoms with Gasteiger partial charge in [0.1, 0.15) is 18.9 Å². The molecular weight excluding hydrogens is 302 g/mol. The first-order valence-corrected chi connectivity index (χ1v) is 7.22. The van der Waals surface area contributed by atoms with Crippen molar-refractivity contribution < 1.29 is 23.9 Å². The fourth-order valence-electron chi connectivity index (χ4n) is 1.76. The number of ketones is 1. The van der Waals surface area contributed by atoms with Crippen LogP contribution in [0.2, 0.25) is 0 Å². The van der Waals surface area contributed by atoms with Crippen molar-refractivity contribution in [1.82, 2.24) is 10.6 Å². The Balaban J connectivity index is 4.81. The Morgan fingerprint density at radius 1 is 1.26 bits per heavy atom. The molecule has 3 N–H and O–H groups in total. The van der Waals surface area contributed by atoms with Crippen molar-refractivity contribution in [2.24, 2.45) is 0 Å². The van der Waals surface area contributed by atoms with Crippen molar-refractivity contribution in [1.29, 1.82) is 5.41 Å². The highest BCUT2D eigenvalue weighted by Crippen LogP contribution is 2.04. The molecule has 0 saturated carbocycles. The third-order valence-electron chi connectivity index (χ3n) is 3.02. The highest BCUT2D eigenvalue weighted by atomic mass is 16.5. The zero-order valence-electron chi connectivity index (χ0n) is 13.2. The first-order valence-electron chi connectivity index (χ1n) is 7.22. The molecule has 1 amide bonds. The largest absolute Gasteiger partial charge is 0.460 e. The highest BCUT2D eigenvalue weighted by Gasteiger charge is 2.26. The lowest BCUT2D eigenvalue weighted by atomic mass is 10.1. The monoisotopic (exact) mass is 325 g/mol. The SMILES string of the molecule is C=CCOC(=O)C(CCC(=O)C=N)NC(=O)C(CCC=O)NC. The number of likely N-dealkylation sites (N-methyl/N-ethyl adjacent to an activating group) is 1. The van der Waals surface area contributed by atoms with Crippen molar-refractivity contribution in [3.05, 3.63) is 12.7 Å². The average molecular weight is 325 g/mol. The molecule has 0 heterocycles. The molecule has 0 bridgehead atoms. The van der Waals surface area contributed by atoms with E-state index in [1.165, 1.54) is 6.08 Å². The van der Waals surface area contributed by atoms with Gasteiger partial charge in [0.05, 0.1) is 12.3 Å². The third kappa shape index (κ3) is 8.62. The van der Waals surface area contributed by atoms with Gasteiger partial charge in [0, 0.05) is 12.8 Å². The van der Waals surface area contributed by atoms with Crippen LogP contribution in [0.25, 0.3) is 0 Å². The Kier molecular flexibility index (Phi) is 11.0. The maximum absolute atomic E-state index is 12.1. The molecule has 0 aromatic heterocycles. The second kappa shape index (κ2) is 12.2. The van der Waals surface area contributed by atoms with E-state index >= 15 is 0 Å². The van der Waals surface area contributed by atoms with Crippen molar-refractivity contribution >= 4 is 30.2 Å². The number of nitrogens with one attached hydrogen (secondary N) is 3. The number of Topliss-reactive ketones (excluding diaryl/α,β-unsaturated/α-hetero) is 1. The van der Waals surface area contributed by atoms with Crippen molar-refractivity contribution in [3.63, 3.8) is 0 Å². The molecule has 0 aliphatic rings. The lowest BCUT2D eigenvalue weighted by Gasteiger charge is -2.20. The highest BCUT2D eigenvalue weighted by molar-refractivity contribution is 6.26. The van der Waals surface area contributed by atoms with Gasteiger partial charge in [-0.1, -0.05) is 12.7 Å². The van der Waals surface area contributed by atoms with Crippen LogP contribution in [0.5, 0.6) is 0 Å². The van der Waals surface area contributed by atoms with Gasteiger partial charge in [-0.15, -0.1) is 0 Å². The molecule has 0 aromatic carbocycles. The summed E-state index contributed by atoms with van der Waals surface area (Å²) in [5.41, 5.74) is 0. The second-order valence-electron chi connectivity index (χ2n) is 4.71. The van der Waals surface area contributed by atoms with Crippen LogP contribution >= 0.6 is 0 Å². The summed E-state index contributed by atoms with van der Waals surface area (Å²) in [6.45, 7) is 3.41. The van der Waals surface area contributed by atoms with Gasteiger partial charge in [0.25, 0.3) is 0 Å². The number of carbonyl (C=O) groups is 4. The van der Waals surface area contributed by atoms with Gasteiger partial charge in [0.15, 0.2) is 5.78 Å². The number of aldehydes is 1. The quantitative estimate of drug-likeness (QED) is 0.186. The van der Waals surface area contributed by atoms with Crippen LogP contribution in [0.1, 0.15) is 25.7 Å². The van der Waals surface area contributed by atoms with Crippen LogP contribution in [0.4, 0.5) is 0 Å². The van der Waals surface area contributed by atoms with E-state index in [0.29, 0.717) is 18.9 Å². The topological polar surface area (TPSA) is 125 Å². The van der Waals surface area contributed by atoms with Crippen LogP contribution in [0.3, 0.4) is 0 Å². The van der Waals surface area contributed by atoms with Gasteiger partial charge in [-0.25, -0.2) is 4.79 Å². The van der Waals surface area contributed by atoms with Gasteiger partial charge in [-0.3, -0.25) is 9.59 Å². The number of hydrogen-bond acceptors (Lipinski definition) is 7. The Labute approximate surface area is 135 Å². The molecule has 0 radical (unpaired) electrons. The number of esters is 1. The predicted octanol–water partition coefficient (Wildman–Crippen LogP) is -0.234. The van der Waals surface area contributed by atoms with E-state index in [1.54, 1.807) is 7.05 Å². The first kappa shape index (κ1) is 20.6. The minimum atomic E-state index is -1.00. The maximum Gasteiger partial charge on any atom is 0.328 e. The molecule has 128 valence electrons. The van der Waals surface area contributed by atoms with E-state index in [1.807, 2.05) is 0 Å². The smallest absolute Gasteiger partial charge is 0.328 e. The number of amides is 1. The Bertz CT molecular complexity index is 450. The van der Waals surface area contributed by atoms with Crippen LogP contribution < -0.4 is 10.6 Å². The molecule has 8 nitrogen and oxygen atoms in total. The lowest BCUT2D eigenvalue weighted by Crippen LogP contribution is -2.50. The Morgan fingerprint density at radius 3 is 2.48 bits per heavy atom. The van der Waals surface area contributed by atoms with Gasteiger partial charge in [0.2, 0.25) is 5.91 Å². The third-order valence-corrected chi connectivity index (χ3v) is 3.02. The molecule has 0 rings (SSSR count). The summed E-state index contributed by atoms with van der Waals surface area (Å²) in [5.74, 6) is -1.59. The molecule has 0 aromatic rings. The minimum Gasteiger partial charge on any atom is -0.460 e. The van der Waals surface area contributed by atoms with E-state index in [2.05, 4.69) is 17.2 Å². The fraction of sp³-hybridized carbons (Fsp3) is 0.533. The summed E-state index contributed by atoms with van der Waals surface area (Å²) in [4.78, 5) is 45.7. The maximum atomic E-state index is 12.1. The Morgan fingerprint density at radius 2 is 1.96 bits per heavy atom. The summed E-state index contributed by atoms with van der Waals surface area (Å²) < 4.78 is 4.90. The van der Waals surface area contributed by atoms with E-state index in [-0.39, 0.29) is 25.9 Å². The average Bonchev–Trinajstić information content (AvgIpc) is 2.56. The van der Waals surface area contributed by atoms with Crippen molar-refractivity contribution in [2.75, 3.05) is 13.7 Å². The van der Waals surface area contributed by atoms with Crippen LogP contribution in [-0.2, 0) is 23.9 Å². The van der Waals surface area contributed by atoms with Gasteiger partial charge in [-0.05, 0) is 19.9 Å². The van der Waals surface area contributed by atoms with Crippen LogP contribution in [0.15, 0.2) is 12.7 Å². The Hall–Kier alpha value is -2.35. The van der Waals surface area contributed by atoms with E-state index in [0.717, 1.165) is 0 Å². The molecular formula is C15H23N3O5. The fourth-order valence-corrected chi connectivity index (χ4v) is 1.76. The molecule has 0 aliphatic heterocycles. The molecule has 0 aliphatic carbocycles. The molecule has 8 heteroatoms. The summed E-state index contributed by atoms with van der Waals surface area (Å²) in [6, 6.07) is -1.63. The van der Waals surface area contributed by atoms with E-state index in [4.69, 9.17) is 10.1 Å². The number of ether oxygens (including phenoxy) is 1. The predicted molar refractivity (Wildman–Crippen MR) is 84.3 cm³/mol. The van der Waals surface area contributed by atoms with E-state index in [9.17, 15) is 19.2 Å². The molecule has 0 fully saturated rings. The zero-order chi connectivity index (χ0) is 17.7. The number of rotatable bonds is 13. The standard InChI is InChI=1S/C15H23N3O5/c1-3-9-23-15(22)13(7-6-11(20)10-16)18-14(21)12(17-2)5-4-8-19/h3,8,10,12-13,16-17H,1,4-7,9H2,2H3,(H,18,21). The zero-order valence-corrected chi connectivity index (χ0v) is 13.2. The van der Waals surface area contributed by atoms with Crippen molar-refractivity contribution in [3.8, 4) is 0 Å². The van der Waals surface area contributed by atoms with Gasteiger partial charge >= 0.3 is 5.97 Å². The molecule has 0 spiro atoms. The van der Waals surface area contributed by atoms with E-state index < -0.39 is 29.7 Å². The molecule has 2 unspecified atom stereocenters. The summed E-state index contributed by atoms with van der Waals surface area (Å²) in [6.07, 6.45) is 3.22. The van der Waals surface area contributed by atoms with Gasteiger partial charge in [-0.2, -0.15) is 0 Å². The summed E-state index contributed by atoms with van der Waals surface area (Å²) in [5, 5.41) is 12.1. The number of hydrogen-bond donors (Lipinski definition) is 3. The normalized spacial score (nSPS) is 12.6. The summed E-state index contributed by atoms with van der Waals surface area (Å²) in [7, 11) is 1.57. The molecule has 0 saturated heterocycles. The first-order chi connectivity index (χ1) is 11.0. The lowest BCUT2D eigenvalue weighted by molar-refractivity contribution is -0.147. The molecule has 2 atom stereocenters. The minimum absolute atomic E-state index is 0.00961. The van der Waals surface area contributed by atoms with Crippen LogP contribution in [-0.4, -0.2) is 55.9 Å². The summed E-state index contributed by atoms with van der Waals surface area (Å²) >= 11 is 0. The second-order valence-corrected chi connectivity index (χ2v) is 4.71. The van der Waals surface area contributed by atoms with Crippen molar-refractivity contribution in [2.45, 2.75) is 37.8 Å². The number of carbonyl (C=O) groups excluding carboxylic acids is 4. The van der Waals surface area contributed by atoms with Crippen LogP contribution in [0, 0.1) is 5.41 Å². The molecule has 23 heavy (non-hydrogen) atoms.